The number of rotatable bonds is 4. The Hall–Kier alpha value is -3.22. The zero-order valence-corrected chi connectivity index (χ0v) is 11.0. The lowest BCUT2D eigenvalue weighted by Crippen LogP contribution is -2.36. The van der Waals surface area contributed by atoms with Gasteiger partial charge in [0.1, 0.15) is 10.6 Å². The van der Waals surface area contributed by atoms with Crippen LogP contribution in [0.3, 0.4) is 0 Å². The second kappa shape index (κ2) is 6.80. The van der Waals surface area contributed by atoms with Crippen molar-refractivity contribution in [1.82, 2.24) is 5.43 Å². The van der Waals surface area contributed by atoms with Crippen LogP contribution in [0.1, 0.15) is 11.1 Å². The largest absolute Gasteiger partial charge is 0.364 e. The van der Waals surface area contributed by atoms with E-state index in [-0.39, 0.29) is 5.96 Å². The molecule has 0 bridgehead atoms. The highest BCUT2D eigenvalue weighted by Crippen LogP contribution is 2.11. The molecule has 0 aromatic heterocycles. The number of nitrogens with zero attached hydrogens (tertiary/aromatic N) is 3. The quantitative estimate of drug-likeness (QED) is 0.449. The summed E-state index contributed by atoms with van der Waals surface area (Å²) < 4.78 is 0. The van der Waals surface area contributed by atoms with E-state index in [0.717, 1.165) is 11.1 Å². The third-order valence-corrected chi connectivity index (χ3v) is 2.56. The van der Waals surface area contributed by atoms with Crippen molar-refractivity contribution in [2.24, 2.45) is 15.9 Å². The highest BCUT2D eigenvalue weighted by Gasteiger charge is 2.08. The maximum atomic E-state index is 10.4. The summed E-state index contributed by atoms with van der Waals surface area (Å²) in [6.07, 6.45) is 0. The maximum absolute atomic E-state index is 10.4. The number of hydrogen-bond acceptors (Lipinski definition) is 3. The first kappa shape index (κ1) is 14.2. The van der Waals surface area contributed by atoms with Crippen molar-refractivity contribution in [2.45, 2.75) is 0 Å². The van der Waals surface area contributed by atoms with Crippen molar-refractivity contribution in [3.05, 3.63) is 76.7 Å². The molecule has 0 saturated carbocycles. The van der Waals surface area contributed by atoms with Crippen LogP contribution in [0, 0.1) is 4.91 Å². The van der Waals surface area contributed by atoms with E-state index in [1.807, 2.05) is 66.1 Å². The fourth-order valence-corrected chi connectivity index (χ4v) is 1.70. The molecule has 0 unspecified atom stereocenters. The van der Waals surface area contributed by atoms with Gasteiger partial charge >= 0.3 is 5.03 Å². The van der Waals surface area contributed by atoms with Crippen molar-refractivity contribution in [1.29, 1.82) is 0 Å². The molecule has 2 aromatic carbocycles. The zero-order valence-electron chi connectivity index (χ0n) is 11.0. The molecule has 2 aromatic rings. The van der Waals surface area contributed by atoms with Crippen LogP contribution in [-0.4, -0.2) is 21.9 Å². The van der Waals surface area contributed by atoms with Gasteiger partial charge in [0, 0.05) is 11.1 Å². The van der Waals surface area contributed by atoms with E-state index in [1.54, 1.807) is 0 Å². The smallest absolute Gasteiger partial charge is 0.362 e. The number of nitrogens with one attached hydrogen (secondary N) is 1. The van der Waals surface area contributed by atoms with Crippen LogP contribution in [-0.2, 0) is 0 Å². The van der Waals surface area contributed by atoms with Gasteiger partial charge in [-0.25, -0.2) is 5.21 Å². The van der Waals surface area contributed by atoms with Crippen molar-refractivity contribution in [3.63, 3.8) is 0 Å². The molecule has 0 fully saturated rings. The molecule has 0 aliphatic carbocycles. The van der Waals surface area contributed by atoms with E-state index >= 15 is 0 Å². The molecule has 7 nitrogen and oxygen atoms in total. The minimum atomic E-state index is -0.543. The van der Waals surface area contributed by atoms with Crippen LogP contribution in [0.15, 0.2) is 70.9 Å². The second-order valence-electron chi connectivity index (χ2n) is 4.05. The van der Waals surface area contributed by atoms with Crippen LogP contribution >= 0.6 is 0 Å². The van der Waals surface area contributed by atoms with Crippen LogP contribution in [0.2, 0.25) is 0 Å². The topological polar surface area (TPSA) is 103 Å². The van der Waals surface area contributed by atoms with Crippen LogP contribution < -0.4 is 11.2 Å². The summed E-state index contributed by atoms with van der Waals surface area (Å²) >= 11 is 0. The molecular formula is C14H14N5O2+. The Labute approximate surface area is 120 Å². The van der Waals surface area contributed by atoms with Crippen LogP contribution in [0.25, 0.3) is 0 Å². The summed E-state index contributed by atoms with van der Waals surface area (Å²) in [7, 11) is 0. The monoisotopic (exact) mass is 284 g/mol. The van der Waals surface area contributed by atoms with Gasteiger partial charge in [-0.1, -0.05) is 60.7 Å². The molecule has 0 spiro atoms. The lowest BCUT2D eigenvalue weighted by atomic mass is 10.0. The van der Waals surface area contributed by atoms with Crippen LogP contribution in [0.4, 0.5) is 0 Å². The molecule has 21 heavy (non-hydrogen) atoms. The Bertz CT molecular complexity index is 627. The molecule has 0 atom stereocenters. The van der Waals surface area contributed by atoms with E-state index in [2.05, 4.69) is 10.2 Å². The Morgan fingerprint density at radius 3 is 1.86 bits per heavy atom. The summed E-state index contributed by atoms with van der Waals surface area (Å²) in [5.74, 6) is -0.322. The minimum Gasteiger partial charge on any atom is -0.364 e. The van der Waals surface area contributed by atoms with Gasteiger partial charge in [-0.3, -0.25) is 0 Å². The molecule has 0 radical (unpaired) electrons. The number of nitrogens with two attached hydrogens (primary N) is 1. The fraction of sp³-hybridized carbons (Fsp3) is 0. The van der Waals surface area contributed by atoms with Gasteiger partial charge in [0.25, 0.3) is 5.96 Å². The number of guanidine groups is 1. The summed E-state index contributed by atoms with van der Waals surface area (Å²) in [5.41, 5.74) is 9.56. The molecule has 2 rings (SSSR count). The average molecular weight is 284 g/mol. The Morgan fingerprint density at radius 2 is 1.43 bits per heavy atom. The first-order chi connectivity index (χ1) is 10.2. The van der Waals surface area contributed by atoms with E-state index in [4.69, 9.17) is 10.9 Å². The minimum absolute atomic E-state index is 0.322. The summed E-state index contributed by atoms with van der Waals surface area (Å²) in [4.78, 5) is 10.4. The summed E-state index contributed by atoms with van der Waals surface area (Å²) in [5, 5.41) is 15.7. The SMILES string of the molecule is N/C(=N\N=C(c1ccccc1)c1ccccc1)N[N+](=O)O. The van der Waals surface area contributed by atoms with Gasteiger partial charge in [0.05, 0.1) is 0 Å². The standard InChI is InChI=1S/C14H14N5O2/c15-14(18-19(20)21)17-16-13(11-7-3-1-4-8-11)12-9-5-2-6-10-12/h1-10H,(H,20,21)(H3,15,17,18)/q+1. The normalized spacial score (nSPS) is 10.8. The lowest BCUT2D eigenvalue weighted by Gasteiger charge is -2.05. The first-order valence-electron chi connectivity index (χ1n) is 6.11. The Kier molecular flexibility index (Phi) is 4.60. The van der Waals surface area contributed by atoms with Gasteiger partial charge in [-0.2, -0.15) is 0 Å². The fourth-order valence-electron chi connectivity index (χ4n) is 1.70. The van der Waals surface area contributed by atoms with Gasteiger partial charge in [0.2, 0.25) is 0 Å². The number of benzene rings is 2. The van der Waals surface area contributed by atoms with E-state index < -0.39 is 5.03 Å². The highest BCUT2D eigenvalue weighted by molar-refractivity contribution is 6.12. The first-order valence-corrected chi connectivity index (χ1v) is 6.11. The van der Waals surface area contributed by atoms with E-state index in [1.165, 1.54) is 0 Å². The molecule has 0 heterocycles. The second-order valence-corrected chi connectivity index (χ2v) is 4.05. The van der Waals surface area contributed by atoms with Gasteiger partial charge < -0.3 is 5.73 Å². The van der Waals surface area contributed by atoms with E-state index in [0.29, 0.717) is 5.71 Å². The molecule has 0 amide bonds. The van der Waals surface area contributed by atoms with E-state index in [9.17, 15) is 4.91 Å². The Balaban J connectivity index is 2.40. The highest BCUT2D eigenvalue weighted by atomic mass is 16.7. The predicted molar refractivity (Wildman–Crippen MR) is 78.7 cm³/mol. The van der Waals surface area contributed by atoms with Crippen LogP contribution in [0.5, 0.6) is 0 Å². The molecule has 7 heteroatoms. The van der Waals surface area contributed by atoms with Gasteiger partial charge in [-0.05, 0) is 5.43 Å². The molecular weight excluding hydrogens is 270 g/mol. The van der Waals surface area contributed by atoms with Crippen molar-refractivity contribution >= 4 is 11.7 Å². The molecule has 0 saturated heterocycles. The van der Waals surface area contributed by atoms with Crippen molar-refractivity contribution < 1.29 is 10.2 Å². The molecule has 0 aliphatic heterocycles. The molecule has 106 valence electrons. The third-order valence-electron chi connectivity index (χ3n) is 2.56. The van der Waals surface area contributed by atoms with Gasteiger partial charge in [-0.15, -0.1) is 10.2 Å². The van der Waals surface area contributed by atoms with Crippen molar-refractivity contribution in [2.75, 3.05) is 0 Å². The third kappa shape index (κ3) is 4.13. The zero-order chi connectivity index (χ0) is 15.1. The summed E-state index contributed by atoms with van der Waals surface area (Å²) in [6.45, 7) is 0. The van der Waals surface area contributed by atoms with Gasteiger partial charge in [0.15, 0.2) is 0 Å². The number of hydrogen-bond donors (Lipinski definition) is 3. The Morgan fingerprint density at radius 1 is 0.952 bits per heavy atom. The summed E-state index contributed by atoms with van der Waals surface area (Å²) in [6, 6.07) is 18.9. The molecule has 0 aliphatic rings. The number of hydrazine groups is 1. The predicted octanol–water partition coefficient (Wildman–Crippen LogP) is 1.43. The molecule has 4 N–H and O–H groups in total. The average Bonchev–Trinajstić information content (AvgIpc) is 2.49. The lowest BCUT2D eigenvalue weighted by molar-refractivity contribution is -0.822. The van der Waals surface area contributed by atoms with Crippen molar-refractivity contribution in [3.8, 4) is 0 Å². The maximum Gasteiger partial charge on any atom is 0.362 e.